The van der Waals surface area contributed by atoms with Gasteiger partial charge in [0.2, 0.25) is 5.91 Å². The van der Waals surface area contributed by atoms with Gasteiger partial charge in [-0.1, -0.05) is 0 Å². The van der Waals surface area contributed by atoms with Gasteiger partial charge in [-0.25, -0.2) is 4.79 Å². The summed E-state index contributed by atoms with van der Waals surface area (Å²) >= 11 is 0. The highest BCUT2D eigenvalue weighted by molar-refractivity contribution is 6.19. The lowest BCUT2D eigenvalue weighted by Crippen LogP contribution is -2.39. The summed E-state index contributed by atoms with van der Waals surface area (Å²) < 4.78 is 4.83. The smallest absolute Gasteiger partial charge is 0.337 e. The van der Waals surface area contributed by atoms with Gasteiger partial charge >= 0.3 is 5.97 Å². The molecule has 7 nitrogen and oxygen atoms in total. The van der Waals surface area contributed by atoms with Crippen LogP contribution in [0.3, 0.4) is 0 Å². The summed E-state index contributed by atoms with van der Waals surface area (Å²) in [6.45, 7) is 2.54. The Labute approximate surface area is 151 Å². The number of nitrogens with one attached hydrogen (secondary N) is 3. The van der Waals surface area contributed by atoms with Crippen molar-refractivity contribution < 1.29 is 14.3 Å². The highest BCUT2D eigenvalue weighted by Crippen LogP contribution is 2.26. The first kappa shape index (κ1) is 17.7. The summed E-state index contributed by atoms with van der Waals surface area (Å²) in [6, 6.07) is 5.27. The average Bonchev–Trinajstić information content (AvgIpc) is 3.13. The fourth-order valence-corrected chi connectivity index (χ4v) is 3.31. The van der Waals surface area contributed by atoms with Crippen molar-refractivity contribution in [2.75, 3.05) is 27.2 Å². The Kier molecular flexibility index (Phi) is 4.79. The molecule has 1 amide bonds. The van der Waals surface area contributed by atoms with Crippen LogP contribution in [-0.4, -0.2) is 54.7 Å². The van der Waals surface area contributed by atoms with Crippen molar-refractivity contribution in [1.82, 2.24) is 15.2 Å². The molecule has 1 aromatic heterocycles. The van der Waals surface area contributed by atoms with Gasteiger partial charge in [0.25, 0.3) is 0 Å². The number of aromatic nitrogens is 1. The number of hydrogen-bond donors (Lipinski definition) is 3. The van der Waals surface area contributed by atoms with Crippen molar-refractivity contribution in [1.29, 1.82) is 5.41 Å². The van der Waals surface area contributed by atoms with E-state index >= 15 is 0 Å². The number of methoxy groups -OCH3 is 1. The first-order valence-electron chi connectivity index (χ1n) is 8.40. The zero-order chi connectivity index (χ0) is 18.8. The van der Waals surface area contributed by atoms with Gasteiger partial charge in [0, 0.05) is 67.4 Å². The van der Waals surface area contributed by atoms with Crippen LogP contribution in [-0.2, 0) is 9.53 Å². The quantitative estimate of drug-likeness (QED) is 0.578. The molecule has 1 aliphatic heterocycles. The third-order valence-electron chi connectivity index (χ3n) is 4.75. The molecule has 1 aliphatic rings. The van der Waals surface area contributed by atoms with E-state index in [9.17, 15) is 9.59 Å². The van der Waals surface area contributed by atoms with Gasteiger partial charge in [-0.3, -0.25) is 10.2 Å². The van der Waals surface area contributed by atoms with Crippen LogP contribution < -0.4 is 5.32 Å². The Bertz CT molecular complexity index is 926. The van der Waals surface area contributed by atoms with Crippen molar-refractivity contribution >= 4 is 28.5 Å². The van der Waals surface area contributed by atoms with E-state index in [4.69, 9.17) is 10.1 Å². The first-order valence-corrected chi connectivity index (χ1v) is 8.40. The van der Waals surface area contributed by atoms with E-state index in [1.54, 1.807) is 23.2 Å². The lowest BCUT2D eigenvalue weighted by molar-refractivity contribution is -0.128. The Balaban J connectivity index is 2.11. The lowest BCUT2D eigenvalue weighted by Gasteiger charge is -2.30. The summed E-state index contributed by atoms with van der Waals surface area (Å²) in [7, 11) is 3.16. The van der Waals surface area contributed by atoms with Crippen LogP contribution in [0.2, 0.25) is 0 Å². The van der Waals surface area contributed by atoms with Crippen molar-refractivity contribution in [2.24, 2.45) is 0 Å². The number of hydrogen-bond acceptors (Lipinski definition) is 5. The van der Waals surface area contributed by atoms with Crippen LogP contribution in [0.4, 0.5) is 0 Å². The van der Waals surface area contributed by atoms with Crippen molar-refractivity contribution in [3.63, 3.8) is 0 Å². The van der Waals surface area contributed by atoms with Crippen LogP contribution in [0, 0.1) is 5.41 Å². The third-order valence-corrected chi connectivity index (χ3v) is 4.75. The number of carbonyl (C=O) groups excluding carboxylic acids is 2. The van der Waals surface area contributed by atoms with Gasteiger partial charge in [-0.15, -0.1) is 0 Å². The zero-order valence-electron chi connectivity index (χ0n) is 15.1. The molecule has 2 heterocycles. The molecule has 0 fully saturated rings. The molecule has 3 rings (SSSR count). The van der Waals surface area contributed by atoms with E-state index in [0.29, 0.717) is 36.3 Å². The maximum Gasteiger partial charge on any atom is 0.337 e. The number of carbonyl (C=O) groups is 2. The number of H-pyrrole nitrogens is 1. The molecular weight excluding hydrogens is 332 g/mol. The number of fused-ring (bicyclic) bond motifs is 1. The Morgan fingerprint density at radius 3 is 2.77 bits per heavy atom. The molecule has 1 aromatic carbocycles. The second-order valence-electron chi connectivity index (χ2n) is 6.23. The standard InChI is InChI=1S/C19H22N4O3/c1-11(24)23-7-5-16(21-2)15(10-23)18(20)14-8-12(19(25)26-3)9-17-13(14)4-6-22-17/h4,6,8-9,20-22H,5,7,10H2,1-3H3. The summed E-state index contributed by atoms with van der Waals surface area (Å²) in [4.78, 5) is 28.6. The fourth-order valence-electron chi connectivity index (χ4n) is 3.31. The molecular formula is C19H22N4O3. The third kappa shape index (κ3) is 3.08. The summed E-state index contributed by atoms with van der Waals surface area (Å²) in [5.41, 5.74) is 3.79. The van der Waals surface area contributed by atoms with Crippen LogP contribution in [0.1, 0.15) is 29.3 Å². The number of benzene rings is 1. The van der Waals surface area contributed by atoms with E-state index in [0.717, 1.165) is 22.2 Å². The largest absolute Gasteiger partial charge is 0.465 e. The molecule has 0 spiro atoms. The van der Waals surface area contributed by atoms with Crippen LogP contribution in [0.25, 0.3) is 10.9 Å². The van der Waals surface area contributed by atoms with E-state index < -0.39 is 5.97 Å². The molecule has 0 unspecified atom stereocenters. The van der Waals surface area contributed by atoms with Gasteiger partial charge in [-0.05, 0) is 18.2 Å². The highest BCUT2D eigenvalue weighted by atomic mass is 16.5. The highest BCUT2D eigenvalue weighted by Gasteiger charge is 2.25. The second kappa shape index (κ2) is 7.03. The molecule has 3 N–H and O–H groups in total. The number of amides is 1. The first-order chi connectivity index (χ1) is 12.5. The van der Waals surface area contributed by atoms with Crippen molar-refractivity contribution in [2.45, 2.75) is 13.3 Å². The topological polar surface area (TPSA) is 98.3 Å². The van der Waals surface area contributed by atoms with Gasteiger partial charge in [0.15, 0.2) is 0 Å². The summed E-state index contributed by atoms with van der Waals surface area (Å²) in [5, 5.41) is 12.8. The molecule has 7 heteroatoms. The Morgan fingerprint density at radius 2 is 2.12 bits per heavy atom. The minimum Gasteiger partial charge on any atom is -0.465 e. The normalized spacial score (nSPS) is 14.5. The van der Waals surface area contributed by atoms with Gasteiger partial charge in [0.05, 0.1) is 18.4 Å². The second-order valence-corrected chi connectivity index (χ2v) is 6.23. The molecule has 0 bridgehead atoms. The van der Waals surface area contributed by atoms with Gasteiger partial charge in [0.1, 0.15) is 0 Å². The molecule has 2 aromatic rings. The number of ether oxygens (including phenoxy) is 1. The average molecular weight is 354 g/mol. The zero-order valence-corrected chi connectivity index (χ0v) is 15.1. The van der Waals surface area contributed by atoms with E-state index in [1.807, 2.05) is 13.1 Å². The Hall–Kier alpha value is -3.09. The van der Waals surface area contributed by atoms with Gasteiger partial charge in [-0.2, -0.15) is 0 Å². The van der Waals surface area contributed by atoms with E-state index in [2.05, 4.69) is 10.3 Å². The number of esters is 1. The summed E-state index contributed by atoms with van der Waals surface area (Å²) in [5.74, 6) is -0.465. The molecule has 0 saturated heterocycles. The summed E-state index contributed by atoms with van der Waals surface area (Å²) in [6.07, 6.45) is 2.44. The molecule has 26 heavy (non-hydrogen) atoms. The molecule has 0 atom stereocenters. The van der Waals surface area contributed by atoms with Crippen molar-refractivity contribution in [3.05, 3.63) is 46.8 Å². The van der Waals surface area contributed by atoms with Crippen LogP contribution in [0.5, 0.6) is 0 Å². The lowest BCUT2D eigenvalue weighted by atomic mass is 9.93. The predicted octanol–water partition coefficient (Wildman–Crippen LogP) is 2.05. The van der Waals surface area contributed by atoms with Gasteiger partial charge < -0.3 is 19.9 Å². The number of rotatable bonds is 4. The minimum absolute atomic E-state index is 0.0134. The Morgan fingerprint density at radius 1 is 1.35 bits per heavy atom. The molecule has 0 radical (unpaired) electrons. The molecule has 0 aliphatic carbocycles. The molecule has 0 saturated carbocycles. The fraction of sp³-hybridized carbons (Fsp3) is 0.316. The van der Waals surface area contributed by atoms with Crippen LogP contribution >= 0.6 is 0 Å². The SMILES string of the molecule is CNC1=C(C(=N)c2cc(C(=O)OC)cc3[nH]ccc23)CN(C(C)=O)CC1. The maximum absolute atomic E-state index is 12.0. The molecule has 136 valence electrons. The van der Waals surface area contributed by atoms with Crippen molar-refractivity contribution in [3.8, 4) is 0 Å². The van der Waals surface area contributed by atoms with E-state index in [1.165, 1.54) is 14.0 Å². The van der Waals surface area contributed by atoms with E-state index in [-0.39, 0.29) is 5.91 Å². The number of aromatic amines is 1. The monoisotopic (exact) mass is 354 g/mol. The van der Waals surface area contributed by atoms with Crippen LogP contribution in [0.15, 0.2) is 35.7 Å². The minimum atomic E-state index is -0.452. The maximum atomic E-state index is 12.0. The number of nitrogens with zero attached hydrogens (tertiary/aromatic N) is 1. The predicted molar refractivity (Wildman–Crippen MR) is 99.4 cm³/mol.